The number of hydrogen-bond acceptors (Lipinski definition) is 4. The lowest BCUT2D eigenvalue weighted by molar-refractivity contribution is -0.384. The van der Waals surface area contributed by atoms with Crippen molar-refractivity contribution in [3.8, 4) is 0 Å². The molecular weight excluding hydrogens is 317 g/mol. The van der Waals surface area contributed by atoms with Gasteiger partial charge in [0, 0.05) is 28.8 Å². The van der Waals surface area contributed by atoms with E-state index in [1.54, 1.807) is 18.2 Å². The van der Waals surface area contributed by atoms with Crippen molar-refractivity contribution in [2.24, 2.45) is 0 Å². The van der Waals surface area contributed by atoms with Gasteiger partial charge >= 0.3 is 5.69 Å². The number of anilines is 1. The molecule has 0 fully saturated rings. The van der Waals surface area contributed by atoms with Crippen LogP contribution < -0.4 is 5.32 Å². The first-order valence-corrected chi connectivity index (χ1v) is 6.14. The normalized spacial score (nSPS) is 10.2. The van der Waals surface area contributed by atoms with Gasteiger partial charge in [-0.25, -0.2) is 9.37 Å². The zero-order chi connectivity index (χ0) is 13.8. The van der Waals surface area contributed by atoms with E-state index in [-0.39, 0.29) is 23.9 Å². The number of nitrogens with zero attached hydrogens (tertiary/aromatic N) is 2. The van der Waals surface area contributed by atoms with Crippen LogP contribution in [0.25, 0.3) is 0 Å². The maximum atomic E-state index is 13.4. The number of rotatable bonds is 4. The van der Waals surface area contributed by atoms with Gasteiger partial charge in [0.25, 0.3) is 0 Å². The third kappa shape index (κ3) is 3.25. The van der Waals surface area contributed by atoms with Gasteiger partial charge in [-0.15, -0.1) is 0 Å². The first-order chi connectivity index (χ1) is 9.08. The molecule has 1 aromatic heterocycles. The lowest BCUT2D eigenvalue weighted by Gasteiger charge is -2.07. The molecule has 0 saturated carbocycles. The van der Waals surface area contributed by atoms with Crippen molar-refractivity contribution < 1.29 is 9.31 Å². The molecule has 5 nitrogen and oxygen atoms in total. The number of pyridine rings is 1. The highest BCUT2D eigenvalue weighted by atomic mass is 79.9. The Morgan fingerprint density at radius 3 is 2.84 bits per heavy atom. The summed E-state index contributed by atoms with van der Waals surface area (Å²) in [5, 5.41) is 13.6. The predicted molar refractivity (Wildman–Crippen MR) is 72.3 cm³/mol. The summed E-state index contributed by atoms with van der Waals surface area (Å²) >= 11 is 3.12. The fourth-order valence-electron chi connectivity index (χ4n) is 1.52. The van der Waals surface area contributed by atoms with E-state index >= 15 is 0 Å². The van der Waals surface area contributed by atoms with Crippen molar-refractivity contribution in [3.63, 3.8) is 0 Å². The van der Waals surface area contributed by atoms with E-state index in [2.05, 4.69) is 26.2 Å². The highest BCUT2D eigenvalue weighted by molar-refractivity contribution is 9.10. The fourth-order valence-corrected chi connectivity index (χ4v) is 1.84. The number of halogens is 2. The van der Waals surface area contributed by atoms with Crippen LogP contribution in [0, 0.1) is 15.9 Å². The number of hydrogen-bond donors (Lipinski definition) is 1. The average molecular weight is 326 g/mol. The van der Waals surface area contributed by atoms with E-state index in [4.69, 9.17) is 0 Å². The smallest absolute Gasteiger partial charge is 0.312 e. The van der Waals surface area contributed by atoms with E-state index < -0.39 is 4.92 Å². The molecule has 0 unspecified atom stereocenters. The SMILES string of the molecule is O=[N+]([O-])c1cc(Br)cnc1NCc1ccccc1F. The first kappa shape index (κ1) is 13.4. The van der Waals surface area contributed by atoms with Gasteiger partial charge in [0.15, 0.2) is 0 Å². The summed E-state index contributed by atoms with van der Waals surface area (Å²) in [7, 11) is 0. The van der Waals surface area contributed by atoms with E-state index in [0.29, 0.717) is 10.0 Å². The van der Waals surface area contributed by atoms with Crippen LogP contribution in [0.3, 0.4) is 0 Å². The molecule has 0 bridgehead atoms. The number of nitrogens with one attached hydrogen (secondary N) is 1. The molecule has 0 saturated heterocycles. The van der Waals surface area contributed by atoms with Gasteiger partial charge in [0.05, 0.1) is 4.92 Å². The molecule has 0 aliphatic carbocycles. The largest absolute Gasteiger partial charge is 0.360 e. The number of aromatic nitrogens is 1. The molecule has 1 heterocycles. The lowest BCUT2D eigenvalue weighted by atomic mass is 10.2. The summed E-state index contributed by atoms with van der Waals surface area (Å²) in [4.78, 5) is 14.3. The standard InChI is InChI=1S/C12H9BrFN3O2/c13-9-5-11(17(18)19)12(16-7-9)15-6-8-3-1-2-4-10(8)14/h1-5,7H,6H2,(H,15,16). The van der Waals surface area contributed by atoms with Crippen LogP contribution in [-0.2, 0) is 6.54 Å². The first-order valence-electron chi connectivity index (χ1n) is 5.35. The Hall–Kier alpha value is -2.02. The summed E-state index contributed by atoms with van der Waals surface area (Å²) < 4.78 is 13.9. The summed E-state index contributed by atoms with van der Waals surface area (Å²) in [6, 6.07) is 7.56. The van der Waals surface area contributed by atoms with Gasteiger partial charge < -0.3 is 5.32 Å². The molecule has 0 amide bonds. The summed E-state index contributed by atoms with van der Waals surface area (Å²) in [5.74, 6) is -0.258. The van der Waals surface area contributed by atoms with Crippen LogP contribution >= 0.6 is 15.9 Å². The Balaban J connectivity index is 2.20. The monoisotopic (exact) mass is 325 g/mol. The molecule has 0 atom stereocenters. The molecule has 7 heteroatoms. The van der Waals surface area contributed by atoms with Gasteiger partial charge in [-0.05, 0) is 22.0 Å². The third-order valence-electron chi connectivity index (χ3n) is 2.44. The molecule has 0 spiro atoms. The second kappa shape index (κ2) is 5.75. The quantitative estimate of drug-likeness (QED) is 0.690. The van der Waals surface area contributed by atoms with E-state index in [9.17, 15) is 14.5 Å². The van der Waals surface area contributed by atoms with Crippen LogP contribution in [0.1, 0.15) is 5.56 Å². The second-order valence-corrected chi connectivity index (χ2v) is 4.64. The van der Waals surface area contributed by atoms with Crippen molar-refractivity contribution in [3.05, 3.63) is 62.5 Å². The molecule has 0 aliphatic rings. The van der Waals surface area contributed by atoms with E-state index in [1.807, 2.05) is 0 Å². The Morgan fingerprint density at radius 1 is 1.42 bits per heavy atom. The minimum absolute atomic E-state index is 0.108. The summed E-state index contributed by atoms with van der Waals surface area (Å²) in [5.41, 5.74) is 0.257. The number of nitro groups is 1. The topological polar surface area (TPSA) is 68.1 Å². The molecule has 1 N–H and O–H groups in total. The highest BCUT2D eigenvalue weighted by Gasteiger charge is 2.15. The highest BCUT2D eigenvalue weighted by Crippen LogP contribution is 2.25. The van der Waals surface area contributed by atoms with Crippen LogP contribution in [0.5, 0.6) is 0 Å². The van der Waals surface area contributed by atoms with E-state index in [1.165, 1.54) is 18.3 Å². The minimum atomic E-state index is -0.540. The third-order valence-corrected chi connectivity index (χ3v) is 2.87. The van der Waals surface area contributed by atoms with Crippen LogP contribution in [-0.4, -0.2) is 9.91 Å². The van der Waals surface area contributed by atoms with Gasteiger partial charge in [-0.3, -0.25) is 10.1 Å². The molecule has 98 valence electrons. The minimum Gasteiger partial charge on any atom is -0.360 e. The van der Waals surface area contributed by atoms with Gasteiger partial charge in [0.2, 0.25) is 5.82 Å². The van der Waals surface area contributed by atoms with Gasteiger partial charge in [-0.1, -0.05) is 18.2 Å². The maximum absolute atomic E-state index is 13.4. The summed E-state index contributed by atoms with van der Waals surface area (Å²) in [6.07, 6.45) is 1.44. The lowest BCUT2D eigenvalue weighted by Crippen LogP contribution is -2.05. The molecule has 1 aromatic carbocycles. The van der Waals surface area contributed by atoms with Crippen molar-refractivity contribution >= 4 is 27.4 Å². The van der Waals surface area contributed by atoms with Crippen LogP contribution in [0.2, 0.25) is 0 Å². The summed E-state index contributed by atoms with van der Waals surface area (Å²) in [6.45, 7) is 0.127. The second-order valence-electron chi connectivity index (χ2n) is 3.72. The van der Waals surface area contributed by atoms with Gasteiger partial charge in [-0.2, -0.15) is 0 Å². The average Bonchev–Trinajstić information content (AvgIpc) is 2.38. The zero-order valence-electron chi connectivity index (χ0n) is 9.64. The Labute approximate surface area is 116 Å². The predicted octanol–water partition coefficient (Wildman–Crippen LogP) is 3.50. The molecular formula is C12H9BrFN3O2. The Bertz CT molecular complexity index is 622. The molecule has 2 aromatic rings. The Morgan fingerprint density at radius 2 is 2.16 bits per heavy atom. The van der Waals surface area contributed by atoms with Gasteiger partial charge in [0.1, 0.15) is 5.82 Å². The van der Waals surface area contributed by atoms with Crippen LogP contribution in [0.4, 0.5) is 15.9 Å². The zero-order valence-corrected chi connectivity index (χ0v) is 11.2. The van der Waals surface area contributed by atoms with Crippen molar-refractivity contribution in [1.82, 2.24) is 4.98 Å². The molecule has 19 heavy (non-hydrogen) atoms. The van der Waals surface area contributed by atoms with Crippen molar-refractivity contribution in [1.29, 1.82) is 0 Å². The molecule has 0 aliphatic heterocycles. The number of benzene rings is 1. The Kier molecular flexibility index (Phi) is 4.06. The fraction of sp³-hybridized carbons (Fsp3) is 0.0833. The van der Waals surface area contributed by atoms with Crippen molar-refractivity contribution in [2.75, 3.05) is 5.32 Å². The van der Waals surface area contributed by atoms with E-state index in [0.717, 1.165) is 0 Å². The molecule has 0 radical (unpaired) electrons. The van der Waals surface area contributed by atoms with Crippen molar-refractivity contribution in [2.45, 2.75) is 6.54 Å². The van der Waals surface area contributed by atoms with Crippen LogP contribution in [0.15, 0.2) is 41.0 Å². The maximum Gasteiger partial charge on any atom is 0.312 e. The molecule has 2 rings (SSSR count).